The van der Waals surface area contributed by atoms with Gasteiger partial charge in [-0.15, -0.1) is 10.2 Å². The van der Waals surface area contributed by atoms with Crippen LogP contribution in [-0.4, -0.2) is 40.3 Å². The Morgan fingerprint density at radius 2 is 1.74 bits per heavy atom. The second-order valence-electron chi connectivity index (χ2n) is 7.14. The van der Waals surface area contributed by atoms with Gasteiger partial charge in [0.15, 0.2) is 0 Å². The zero-order valence-corrected chi connectivity index (χ0v) is 16.3. The summed E-state index contributed by atoms with van der Waals surface area (Å²) in [6.07, 6.45) is 2.90. The van der Waals surface area contributed by atoms with Gasteiger partial charge in [-0.25, -0.2) is 8.42 Å². The van der Waals surface area contributed by atoms with E-state index in [1.807, 2.05) is 19.9 Å². The highest BCUT2D eigenvalue weighted by molar-refractivity contribution is 7.89. The third kappa shape index (κ3) is 3.19. The molecule has 1 aromatic heterocycles. The summed E-state index contributed by atoms with van der Waals surface area (Å²) in [6, 6.07) is 10.4. The fourth-order valence-electron chi connectivity index (χ4n) is 3.52. The second-order valence-corrected chi connectivity index (χ2v) is 9.03. The highest BCUT2D eigenvalue weighted by Crippen LogP contribution is 2.26. The Hall–Kier alpha value is -2.45. The van der Waals surface area contributed by atoms with Crippen LogP contribution in [0, 0.1) is 6.92 Å². The number of nitrogens with two attached hydrogens (primary N) is 1. The molecule has 2 heterocycles. The number of piperidine rings is 1. The van der Waals surface area contributed by atoms with Crippen molar-refractivity contribution in [3.63, 3.8) is 0 Å². The van der Waals surface area contributed by atoms with Crippen molar-refractivity contribution in [2.24, 2.45) is 0 Å². The van der Waals surface area contributed by atoms with Crippen LogP contribution >= 0.6 is 0 Å². The van der Waals surface area contributed by atoms with E-state index in [2.05, 4.69) is 10.2 Å². The van der Waals surface area contributed by atoms with Gasteiger partial charge in [-0.2, -0.15) is 9.10 Å². The SMILES string of the molecule is Cc1cc2nn(-c3ccc(S(=O)(=O)N4CCCC[C@@H]4C)cc3)nc2cc1N. The van der Waals surface area contributed by atoms with E-state index in [1.54, 1.807) is 34.6 Å². The van der Waals surface area contributed by atoms with Gasteiger partial charge < -0.3 is 5.73 Å². The summed E-state index contributed by atoms with van der Waals surface area (Å²) < 4.78 is 27.5. The van der Waals surface area contributed by atoms with Crippen LogP contribution in [0.4, 0.5) is 5.69 Å². The number of aromatic nitrogens is 3. The molecule has 142 valence electrons. The van der Waals surface area contributed by atoms with E-state index in [4.69, 9.17) is 5.73 Å². The molecule has 1 fully saturated rings. The first-order valence-corrected chi connectivity index (χ1v) is 10.6. The lowest BCUT2D eigenvalue weighted by atomic mass is 10.1. The number of fused-ring (bicyclic) bond motifs is 1. The third-order valence-corrected chi connectivity index (χ3v) is 7.21. The number of aryl methyl sites for hydroxylation is 1. The molecule has 0 amide bonds. The number of nitrogens with zero attached hydrogens (tertiary/aromatic N) is 4. The Balaban J connectivity index is 1.66. The molecule has 0 bridgehead atoms. The van der Waals surface area contributed by atoms with Gasteiger partial charge in [0.05, 0.1) is 10.6 Å². The van der Waals surface area contributed by atoms with Gasteiger partial charge >= 0.3 is 0 Å². The van der Waals surface area contributed by atoms with Crippen LogP contribution < -0.4 is 5.73 Å². The summed E-state index contributed by atoms with van der Waals surface area (Å²) in [7, 11) is -3.48. The molecule has 0 aliphatic carbocycles. The fraction of sp³-hybridized carbons (Fsp3) is 0.368. The molecule has 8 heteroatoms. The molecule has 0 saturated carbocycles. The highest BCUT2D eigenvalue weighted by atomic mass is 32.2. The van der Waals surface area contributed by atoms with Crippen molar-refractivity contribution in [1.82, 2.24) is 19.3 Å². The lowest BCUT2D eigenvalue weighted by molar-refractivity contribution is 0.268. The number of benzene rings is 2. The smallest absolute Gasteiger partial charge is 0.243 e. The van der Waals surface area contributed by atoms with E-state index in [0.717, 1.165) is 30.3 Å². The van der Waals surface area contributed by atoms with Crippen LogP contribution in [0.3, 0.4) is 0 Å². The molecule has 2 N–H and O–H groups in total. The number of sulfonamides is 1. The first kappa shape index (κ1) is 17.9. The summed E-state index contributed by atoms with van der Waals surface area (Å²) in [6.45, 7) is 4.48. The molecule has 27 heavy (non-hydrogen) atoms. The monoisotopic (exact) mass is 385 g/mol. The number of anilines is 1. The minimum Gasteiger partial charge on any atom is -0.398 e. The summed E-state index contributed by atoms with van der Waals surface area (Å²) >= 11 is 0. The van der Waals surface area contributed by atoms with Crippen molar-refractivity contribution in [1.29, 1.82) is 0 Å². The minimum atomic E-state index is -3.48. The molecular weight excluding hydrogens is 362 g/mol. The molecule has 0 unspecified atom stereocenters. The normalized spacial score (nSPS) is 18.8. The number of hydrogen-bond acceptors (Lipinski definition) is 5. The van der Waals surface area contributed by atoms with E-state index >= 15 is 0 Å². The Bertz CT molecular complexity index is 1050. The first-order chi connectivity index (χ1) is 12.9. The van der Waals surface area contributed by atoms with Crippen molar-refractivity contribution in [3.05, 3.63) is 42.0 Å². The molecule has 3 aromatic rings. The van der Waals surface area contributed by atoms with Gasteiger partial charge in [0, 0.05) is 18.3 Å². The van der Waals surface area contributed by atoms with E-state index < -0.39 is 10.0 Å². The van der Waals surface area contributed by atoms with Gasteiger partial charge in [-0.05, 0) is 68.7 Å². The van der Waals surface area contributed by atoms with Crippen LogP contribution in [0.5, 0.6) is 0 Å². The molecule has 2 aromatic carbocycles. The lowest BCUT2D eigenvalue weighted by Crippen LogP contribution is -2.41. The van der Waals surface area contributed by atoms with E-state index in [-0.39, 0.29) is 6.04 Å². The molecule has 0 spiro atoms. The van der Waals surface area contributed by atoms with Gasteiger partial charge in [0.1, 0.15) is 11.0 Å². The van der Waals surface area contributed by atoms with E-state index in [0.29, 0.717) is 28.3 Å². The summed E-state index contributed by atoms with van der Waals surface area (Å²) in [5, 5.41) is 8.91. The van der Waals surface area contributed by atoms with E-state index in [1.165, 1.54) is 4.80 Å². The van der Waals surface area contributed by atoms with E-state index in [9.17, 15) is 8.42 Å². The lowest BCUT2D eigenvalue weighted by Gasteiger charge is -2.32. The average Bonchev–Trinajstić information content (AvgIpc) is 3.05. The summed E-state index contributed by atoms with van der Waals surface area (Å²) in [5.74, 6) is 0. The predicted octanol–water partition coefficient (Wildman–Crippen LogP) is 2.87. The minimum absolute atomic E-state index is 0.0372. The molecule has 1 saturated heterocycles. The molecule has 1 atom stereocenters. The van der Waals surface area contributed by atoms with Gasteiger partial charge in [-0.1, -0.05) is 6.42 Å². The van der Waals surface area contributed by atoms with Gasteiger partial charge in [0.25, 0.3) is 0 Å². The van der Waals surface area contributed by atoms with Crippen molar-refractivity contribution >= 4 is 26.7 Å². The zero-order valence-electron chi connectivity index (χ0n) is 15.5. The molecule has 1 aliphatic heterocycles. The largest absolute Gasteiger partial charge is 0.398 e. The molecule has 0 radical (unpaired) electrons. The van der Waals surface area contributed by atoms with Crippen molar-refractivity contribution in [2.45, 2.75) is 44.0 Å². The maximum atomic E-state index is 12.9. The molecule has 4 rings (SSSR count). The average molecular weight is 385 g/mol. The number of nitrogen functional groups attached to an aromatic ring is 1. The van der Waals surface area contributed by atoms with Crippen LogP contribution in [0.1, 0.15) is 31.7 Å². The predicted molar refractivity (Wildman–Crippen MR) is 105 cm³/mol. The number of rotatable bonds is 3. The molecular formula is C19H23N5O2S. The van der Waals surface area contributed by atoms with Crippen molar-refractivity contribution in [2.75, 3.05) is 12.3 Å². The number of hydrogen-bond donors (Lipinski definition) is 1. The molecule has 1 aliphatic rings. The summed E-state index contributed by atoms with van der Waals surface area (Å²) in [4.78, 5) is 1.81. The van der Waals surface area contributed by atoms with Crippen molar-refractivity contribution < 1.29 is 8.42 Å². The fourth-order valence-corrected chi connectivity index (χ4v) is 5.21. The van der Waals surface area contributed by atoms with Crippen molar-refractivity contribution in [3.8, 4) is 5.69 Å². The Kier molecular flexibility index (Phi) is 4.39. The maximum Gasteiger partial charge on any atom is 0.243 e. The van der Waals surface area contributed by atoms with Gasteiger partial charge in [-0.3, -0.25) is 0 Å². The van der Waals surface area contributed by atoms with Crippen LogP contribution in [0.15, 0.2) is 41.3 Å². The Morgan fingerprint density at radius 1 is 1.07 bits per heavy atom. The Morgan fingerprint density at radius 3 is 2.41 bits per heavy atom. The second kappa shape index (κ2) is 6.61. The maximum absolute atomic E-state index is 12.9. The van der Waals surface area contributed by atoms with Gasteiger partial charge in [0.2, 0.25) is 10.0 Å². The topological polar surface area (TPSA) is 94.1 Å². The van der Waals surface area contributed by atoms with Crippen LogP contribution in [0.25, 0.3) is 16.7 Å². The zero-order chi connectivity index (χ0) is 19.2. The highest BCUT2D eigenvalue weighted by Gasteiger charge is 2.30. The molecule has 7 nitrogen and oxygen atoms in total. The first-order valence-electron chi connectivity index (χ1n) is 9.12. The van der Waals surface area contributed by atoms with Crippen LogP contribution in [-0.2, 0) is 10.0 Å². The third-order valence-electron chi connectivity index (χ3n) is 5.18. The summed E-state index contributed by atoms with van der Waals surface area (Å²) in [5.41, 5.74) is 9.72. The quantitative estimate of drug-likeness (QED) is 0.700. The standard InChI is InChI=1S/C19H23N5O2S/c1-13-11-18-19(12-17(13)20)22-24(21-18)15-6-8-16(9-7-15)27(25,26)23-10-4-3-5-14(23)2/h6-9,11-12,14H,3-5,10,20H2,1-2H3/t14-/m0/s1. The Labute approximate surface area is 158 Å². The van der Waals surface area contributed by atoms with Crippen LogP contribution in [0.2, 0.25) is 0 Å².